The van der Waals surface area contributed by atoms with Crippen molar-refractivity contribution in [2.45, 2.75) is 32.7 Å². The molecule has 0 saturated carbocycles. The first-order valence-electron chi connectivity index (χ1n) is 7.96. The lowest BCUT2D eigenvalue weighted by Crippen LogP contribution is -2.38. The number of nitrogens with zero attached hydrogens (tertiary/aromatic N) is 2. The molecule has 0 spiro atoms. The molecule has 2 aromatic rings. The summed E-state index contributed by atoms with van der Waals surface area (Å²) in [5.41, 5.74) is 0.924. The van der Waals surface area contributed by atoms with E-state index < -0.39 is 0 Å². The molecule has 0 saturated heterocycles. The van der Waals surface area contributed by atoms with Crippen LogP contribution < -0.4 is 16.2 Å². The summed E-state index contributed by atoms with van der Waals surface area (Å²) in [5, 5.41) is 5.56. The smallest absolute Gasteiger partial charge is 0.262 e. The molecule has 0 aliphatic heterocycles. The standard InChI is InChI=1S/C16H20N4O3S/c1-9-3-4-10-11(5-9)24-15-14(10)16(23)20(8-19-15)7-13(22)18-6-12(21)17-2/h8-9H,3-7H2,1-2H3,(H,17,21)(H,18,22)/t9-/m0/s1. The number of thiophene rings is 1. The van der Waals surface area contributed by atoms with Gasteiger partial charge in [0, 0.05) is 11.9 Å². The molecule has 24 heavy (non-hydrogen) atoms. The molecule has 8 heteroatoms. The second-order valence-electron chi connectivity index (χ2n) is 6.16. The Bertz CT molecular complexity index is 855. The molecule has 1 aliphatic rings. The lowest BCUT2D eigenvalue weighted by molar-refractivity contribution is -0.126. The van der Waals surface area contributed by atoms with Crippen LogP contribution in [0.4, 0.5) is 0 Å². The van der Waals surface area contributed by atoms with Gasteiger partial charge in [0.2, 0.25) is 11.8 Å². The van der Waals surface area contributed by atoms with Crippen LogP contribution in [0.15, 0.2) is 11.1 Å². The van der Waals surface area contributed by atoms with Crippen LogP contribution in [-0.4, -0.2) is 35.0 Å². The Hall–Kier alpha value is -2.22. The van der Waals surface area contributed by atoms with Crippen molar-refractivity contribution in [2.24, 2.45) is 5.92 Å². The molecule has 0 bridgehead atoms. The van der Waals surface area contributed by atoms with E-state index >= 15 is 0 Å². The molecule has 0 fully saturated rings. The normalized spacial score (nSPS) is 16.7. The Morgan fingerprint density at radius 2 is 2.21 bits per heavy atom. The number of nitrogens with one attached hydrogen (secondary N) is 2. The van der Waals surface area contributed by atoms with Crippen LogP contribution in [0, 0.1) is 5.92 Å². The molecular formula is C16H20N4O3S. The highest BCUT2D eigenvalue weighted by Crippen LogP contribution is 2.35. The first-order chi connectivity index (χ1) is 11.5. The Morgan fingerprint density at radius 3 is 2.96 bits per heavy atom. The maximum absolute atomic E-state index is 12.7. The van der Waals surface area contributed by atoms with E-state index in [1.165, 1.54) is 22.8 Å². The zero-order valence-corrected chi connectivity index (χ0v) is 14.5. The van der Waals surface area contributed by atoms with Gasteiger partial charge in [-0.25, -0.2) is 4.98 Å². The van der Waals surface area contributed by atoms with Crippen molar-refractivity contribution < 1.29 is 9.59 Å². The number of aromatic nitrogens is 2. The first kappa shape index (κ1) is 16.6. The molecule has 7 nitrogen and oxygen atoms in total. The monoisotopic (exact) mass is 348 g/mol. The number of aryl methyl sites for hydroxylation is 1. The van der Waals surface area contributed by atoms with Gasteiger partial charge in [-0.1, -0.05) is 6.92 Å². The average molecular weight is 348 g/mol. The van der Waals surface area contributed by atoms with Crippen molar-refractivity contribution in [1.29, 1.82) is 0 Å². The first-order valence-corrected chi connectivity index (χ1v) is 8.78. The highest BCUT2D eigenvalue weighted by atomic mass is 32.1. The van der Waals surface area contributed by atoms with Crippen LogP contribution in [0.3, 0.4) is 0 Å². The Labute approximate surface area is 143 Å². The van der Waals surface area contributed by atoms with Gasteiger partial charge in [0.25, 0.3) is 5.56 Å². The molecule has 1 aliphatic carbocycles. The molecule has 0 radical (unpaired) electrons. The van der Waals surface area contributed by atoms with E-state index in [0.29, 0.717) is 11.3 Å². The molecule has 0 unspecified atom stereocenters. The van der Waals surface area contributed by atoms with Crippen molar-refractivity contribution in [2.75, 3.05) is 13.6 Å². The van der Waals surface area contributed by atoms with E-state index in [9.17, 15) is 14.4 Å². The van der Waals surface area contributed by atoms with E-state index in [4.69, 9.17) is 0 Å². The van der Waals surface area contributed by atoms with E-state index in [1.807, 2.05) is 0 Å². The number of amides is 2. The van der Waals surface area contributed by atoms with Gasteiger partial charge in [0.15, 0.2) is 0 Å². The van der Waals surface area contributed by atoms with E-state index in [2.05, 4.69) is 22.5 Å². The second-order valence-corrected chi connectivity index (χ2v) is 7.24. The van der Waals surface area contributed by atoms with Gasteiger partial charge in [0.05, 0.1) is 18.3 Å². The molecule has 2 heterocycles. The third-order valence-corrected chi connectivity index (χ3v) is 5.48. The van der Waals surface area contributed by atoms with Crippen molar-refractivity contribution in [3.05, 3.63) is 27.1 Å². The summed E-state index contributed by atoms with van der Waals surface area (Å²) < 4.78 is 1.31. The minimum Gasteiger partial charge on any atom is -0.358 e. The number of carbonyl (C=O) groups excluding carboxylic acids is 2. The largest absolute Gasteiger partial charge is 0.358 e. The van der Waals surface area contributed by atoms with E-state index in [1.54, 1.807) is 11.3 Å². The van der Waals surface area contributed by atoms with Crippen LogP contribution in [0.1, 0.15) is 23.8 Å². The predicted octanol–water partition coefficient (Wildman–Crippen LogP) is 0.445. The summed E-state index contributed by atoms with van der Waals surface area (Å²) in [6.07, 6.45) is 4.36. The van der Waals surface area contributed by atoms with Gasteiger partial charge in [-0.05, 0) is 30.7 Å². The second kappa shape index (κ2) is 6.72. The summed E-state index contributed by atoms with van der Waals surface area (Å²) in [4.78, 5) is 42.2. The number of likely N-dealkylation sites (N-methyl/N-ethyl adjacent to an activating group) is 1. The SMILES string of the molecule is CNC(=O)CNC(=O)Cn1cnc2sc3c(c2c1=O)CC[C@H](C)C3. The molecule has 0 aromatic carbocycles. The van der Waals surface area contributed by atoms with Crippen LogP contribution in [0.25, 0.3) is 10.2 Å². The van der Waals surface area contributed by atoms with Crippen LogP contribution >= 0.6 is 11.3 Å². The van der Waals surface area contributed by atoms with Gasteiger partial charge < -0.3 is 10.6 Å². The molecule has 2 amide bonds. The quantitative estimate of drug-likeness (QED) is 0.839. The summed E-state index contributed by atoms with van der Waals surface area (Å²) in [6, 6.07) is 0. The minimum absolute atomic E-state index is 0.106. The highest BCUT2D eigenvalue weighted by Gasteiger charge is 2.23. The molecule has 1 atom stereocenters. The number of carbonyl (C=O) groups is 2. The fourth-order valence-corrected chi connectivity index (χ4v) is 4.30. The predicted molar refractivity (Wildman–Crippen MR) is 92.1 cm³/mol. The Morgan fingerprint density at radius 1 is 1.42 bits per heavy atom. The van der Waals surface area contributed by atoms with Crippen LogP contribution in [0.2, 0.25) is 0 Å². The lowest BCUT2D eigenvalue weighted by Gasteiger charge is -2.17. The summed E-state index contributed by atoms with van der Waals surface area (Å²) in [7, 11) is 1.50. The molecular weight excluding hydrogens is 328 g/mol. The molecule has 128 valence electrons. The van der Waals surface area contributed by atoms with Gasteiger partial charge in [0.1, 0.15) is 11.4 Å². The van der Waals surface area contributed by atoms with Gasteiger partial charge in [-0.15, -0.1) is 11.3 Å². The van der Waals surface area contributed by atoms with Gasteiger partial charge in [-0.2, -0.15) is 0 Å². The van der Waals surface area contributed by atoms with E-state index in [-0.39, 0.29) is 30.5 Å². The van der Waals surface area contributed by atoms with Crippen LogP contribution in [-0.2, 0) is 29.0 Å². The molecule has 2 N–H and O–H groups in total. The van der Waals surface area contributed by atoms with Crippen molar-refractivity contribution >= 4 is 33.4 Å². The highest BCUT2D eigenvalue weighted by molar-refractivity contribution is 7.18. The lowest BCUT2D eigenvalue weighted by atomic mass is 9.89. The zero-order valence-electron chi connectivity index (χ0n) is 13.7. The fraction of sp³-hybridized carbons (Fsp3) is 0.500. The summed E-state index contributed by atoms with van der Waals surface area (Å²) in [5.74, 6) is -0.0480. The van der Waals surface area contributed by atoms with Crippen molar-refractivity contribution in [3.63, 3.8) is 0 Å². The maximum Gasteiger partial charge on any atom is 0.262 e. The Balaban J connectivity index is 1.85. The van der Waals surface area contributed by atoms with E-state index in [0.717, 1.165) is 29.7 Å². The van der Waals surface area contributed by atoms with Crippen molar-refractivity contribution in [3.8, 4) is 0 Å². The number of hydrogen-bond acceptors (Lipinski definition) is 5. The summed E-state index contributed by atoms with van der Waals surface area (Å²) >= 11 is 1.58. The fourth-order valence-electron chi connectivity index (χ4n) is 2.96. The zero-order chi connectivity index (χ0) is 17.3. The third kappa shape index (κ3) is 3.19. The van der Waals surface area contributed by atoms with Gasteiger partial charge in [-0.3, -0.25) is 19.0 Å². The van der Waals surface area contributed by atoms with Crippen molar-refractivity contribution in [1.82, 2.24) is 20.2 Å². The maximum atomic E-state index is 12.7. The van der Waals surface area contributed by atoms with Gasteiger partial charge >= 0.3 is 0 Å². The topological polar surface area (TPSA) is 93.1 Å². The minimum atomic E-state index is -0.389. The van der Waals surface area contributed by atoms with Crippen LogP contribution in [0.5, 0.6) is 0 Å². The summed E-state index contributed by atoms with van der Waals surface area (Å²) in [6.45, 7) is 1.97. The Kier molecular flexibility index (Phi) is 4.66. The molecule has 3 rings (SSSR count). The number of fused-ring (bicyclic) bond motifs is 3. The average Bonchev–Trinajstić information content (AvgIpc) is 2.93. The molecule has 2 aromatic heterocycles. The number of rotatable bonds is 4. The third-order valence-electron chi connectivity index (χ3n) is 4.32. The number of hydrogen-bond donors (Lipinski definition) is 2.